The molecule has 2 heteroatoms. The first kappa shape index (κ1) is 10.7. The number of carboxylic acid groups (broad SMARTS) is 1. The average molecular weight is 214 g/mol. The Morgan fingerprint density at radius 2 is 2.00 bits per heavy atom. The maximum atomic E-state index is 10.6. The summed E-state index contributed by atoms with van der Waals surface area (Å²) in [6, 6.07) is 12.3. The Labute approximate surface area is 94.9 Å². The topological polar surface area (TPSA) is 37.3 Å². The van der Waals surface area contributed by atoms with Gasteiger partial charge in [0.15, 0.2) is 0 Å². The molecule has 0 atom stereocenters. The zero-order valence-corrected chi connectivity index (χ0v) is 9.23. The molecule has 2 rings (SSSR count). The van der Waals surface area contributed by atoms with E-state index < -0.39 is 5.97 Å². The fraction of sp³-hybridized carbons (Fsp3) is 0.214. The van der Waals surface area contributed by atoms with Crippen molar-refractivity contribution >= 4 is 5.97 Å². The highest BCUT2D eigenvalue weighted by molar-refractivity contribution is 5.73. The van der Waals surface area contributed by atoms with Crippen LogP contribution in [0, 0.1) is 6.92 Å². The zero-order valence-electron chi connectivity index (χ0n) is 9.23. The molecule has 0 unspecified atom stereocenters. The smallest absolute Gasteiger partial charge is 0.303 e. The van der Waals surface area contributed by atoms with Gasteiger partial charge in [-0.15, -0.1) is 0 Å². The van der Waals surface area contributed by atoms with E-state index in [0.717, 1.165) is 5.56 Å². The lowest BCUT2D eigenvalue weighted by Gasteiger charge is -2.01. The second kappa shape index (κ2) is 4.35. The molecular weight excluding hydrogens is 200 g/mol. The molecule has 0 aromatic rings. The molecule has 0 heterocycles. The van der Waals surface area contributed by atoms with Crippen molar-refractivity contribution in [2.24, 2.45) is 0 Å². The molecular formula is C14H14O2. The summed E-state index contributed by atoms with van der Waals surface area (Å²) in [5, 5.41) is 8.71. The summed E-state index contributed by atoms with van der Waals surface area (Å²) in [7, 11) is 0. The largest absolute Gasteiger partial charge is 0.481 e. The number of carbonyl (C=O) groups is 1. The molecule has 0 amide bonds. The normalized spacial score (nSPS) is 10.6. The molecule has 16 heavy (non-hydrogen) atoms. The summed E-state index contributed by atoms with van der Waals surface area (Å²) < 4.78 is 0. The van der Waals surface area contributed by atoms with Gasteiger partial charge in [0.2, 0.25) is 0 Å². The maximum Gasteiger partial charge on any atom is 0.303 e. The zero-order chi connectivity index (χ0) is 11.5. The van der Waals surface area contributed by atoms with Crippen molar-refractivity contribution in [1.29, 1.82) is 0 Å². The van der Waals surface area contributed by atoms with Gasteiger partial charge in [-0.25, -0.2) is 0 Å². The second-order valence-electron chi connectivity index (χ2n) is 4.04. The van der Waals surface area contributed by atoms with E-state index in [9.17, 15) is 4.79 Å². The molecule has 0 saturated carbocycles. The Hall–Kier alpha value is -1.83. The Bertz CT molecular complexity index is 488. The maximum absolute atomic E-state index is 10.6. The van der Waals surface area contributed by atoms with Crippen LogP contribution >= 0.6 is 0 Å². The summed E-state index contributed by atoms with van der Waals surface area (Å²) in [4.78, 5) is 10.6. The fourth-order valence-electron chi connectivity index (χ4n) is 1.97. The van der Waals surface area contributed by atoms with Gasteiger partial charge in [0.05, 0.1) is 0 Å². The van der Waals surface area contributed by atoms with Crippen LogP contribution in [0.25, 0.3) is 11.1 Å². The van der Waals surface area contributed by atoms with Crippen LogP contribution < -0.4 is 0 Å². The Kier molecular flexibility index (Phi) is 2.91. The molecule has 2 nitrogen and oxygen atoms in total. The van der Waals surface area contributed by atoms with Gasteiger partial charge in [0.1, 0.15) is 0 Å². The minimum atomic E-state index is -0.747. The van der Waals surface area contributed by atoms with E-state index in [1.807, 2.05) is 18.2 Å². The van der Waals surface area contributed by atoms with E-state index in [2.05, 4.69) is 25.1 Å². The quantitative estimate of drug-likeness (QED) is 0.852. The third-order valence-corrected chi connectivity index (χ3v) is 2.70. The lowest BCUT2D eigenvalue weighted by molar-refractivity contribution is -0.136. The van der Waals surface area contributed by atoms with Crippen molar-refractivity contribution < 1.29 is 9.90 Å². The van der Waals surface area contributed by atoms with E-state index in [-0.39, 0.29) is 6.42 Å². The van der Waals surface area contributed by atoms with Crippen LogP contribution in [-0.2, 0) is 11.2 Å². The van der Waals surface area contributed by atoms with Crippen molar-refractivity contribution in [3.8, 4) is 11.1 Å². The van der Waals surface area contributed by atoms with Gasteiger partial charge in [-0.2, -0.15) is 0 Å². The first-order valence-corrected chi connectivity index (χ1v) is 5.37. The summed E-state index contributed by atoms with van der Waals surface area (Å²) in [6.45, 7) is 2.06. The molecule has 2 aliphatic rings. The van der Waals surface area contributed by atoms with Crippen molar-refractivity contribution in [3.63, 3.8) is 0 Å². The van der Waals surface area contributed by atoms with Gasteiger partial charge in [0.25, 0.3) is 0 Å². The highest BCUT2D eigenvalue weighted by Gasteiger charge is 2.09. The van der Waals surface area contributed by atoms with Crippen LogP contribution in [0.2, 0.25) is 0 Å². The van der Waals surface area contributed by atoms with Crippen LogP contribution in [0.1, 0.15) is 17.5 Å². The number of aryl methyl sites for hydroxylation is 2. The lowest BCUT2D eigenvalue weighted by atomic mass is 10.0. The Morgan fingerprint density at radius 1 is 1.25 bits per heavy atom. The second-order valence-corrected chi connectivity index (χ2v) is 4.04. The Balaban J connectivity index is 2.39. The fourth-order valence-corrected chi connectivity index (χ4v) is 1.97. The predicted octanol–water partition coefficient (Wildman–Crippen LogP) is 3.12. The van der Waals surface area contributed by atoms with Crippen LogP contribution in [0.4, 0.5) is 0 Å². The van der Waals surface area contributed by atoms with E-state index in [1.165, 1.54) is 16.7 Å². The van der Waals surface area contributed by atoms with Crippen molar-refractivity contribution in [1.82, 2.24) is 0 Å². The van der Waals surface area contributed by atoms with Crippen molar-refractivity contribution in [2.45, 2.75) is 19.8 Å². The van der Waals surface area contributed by atoms with E-state index >= 15 is 0 Å². The molecule has 0 bridgehead atoms. The minimum Gasteiger partial charge on any atom is -0.481 e. The van der Waals surface area contributed by atoms with Gasteiger partial charge in [0, 0.05) is 6.42 Å². The molecule has 0 aliphatic heterocycles. The monoisotopic (exact) mass is 214 g/mol. The van der Waals surface area contributed by atoms with Gasteiger partial charge in [-0.05, 0) is 35.6 Å². The van der Waals surface area contributed by atoms with Gasteiger partial charge in [-0.1, -0.05) is 36.4 Å². The third kappa shape index (κ3) is 2.22. The van der Waals surface area contributed by atoms with Crippen molar-refractivity contribution in [3.05, 3.63) is 47.5 Å². The summed E-state index contributed by atoms with van der Waals surface area (Å²) in [5.41, 5.74) is 4.68. The minimum absolute atomic E-state index is 0.184. The molecule has 0 aromatic carbocycles. The number of fused-ring (bicyclic) bond motifs is 1. The molecule has 0 radical (unpaired) electrons. The number of rotatable bonds is 3. The van der Waals surface area contributed by atoms with Crippen LogP contribution in [0.3, 0.4) is 0 Å². The lowest BCUT2D eigenvalue weighted by Crippen LogP contribution is -1.97. The van der Waals surface area contributed by atoms with Crippen LogP contribution in [-0.4, -0.2) is 11.1 Å². The number of hydrogen-bond donors (Lipinski definition) is 1. The molecule has 0 aromatic heterocycles. The predicted molar refractivity (Wildman–Crippen MR) is 63.8 cm³/mol. The molecule has 82 valence electrons. The first-order chi connectivity index (χ1) is 7.66. The van der Waals surface area contributed by atoms with E-state index in [4.69, 9.17) is 5.11 Å². The molecule has 0 spiro atoms. The van der Waals surface area contributed by atoms with E-state index in [1.54, 1.807) is 0 Å². The van der Waals surface area contributed by atoms with Gasteiger partial charge in [-0.3, -0.25) is 4.79 Å². The average Bonchev–Trinajstić information content (AvgIpc) is 2.48. The number of hydrogen-bond acceptors (Lipinski definition) is 1. The van der Waals surface area contributed by atoms with E-state index in [0.29, 0.717) is 6.42 Å². The van der Waals surface area contributed by atoms with Gasteiger partial charge < -0.3 is 5.11 Å². The number of carboxylic acids is 1. The standard InChI is InChI=1S/C14H14O2/c1-10-8-12-5-3-2-4-11(13(12)9-10)6-7-14(15)16/h2-5,8-9H,6-7H2,1H3,(H,15,16). The molecule has 0 fully saturated rings. The molecule has 1 N–H and O–H groups in total. The highest BCUT2D eigenvalue weighted by Crippen LogP contribution is 2.28. The molecule has 2 aliphatic carbocycles. The summed E-state index contributed by atoms with van der Waals surface area (Å²) in [6.07, 6.45) is 0.771. The Morgan fingerprint density at radius 3 is 2.75 bits per heavy atom. The summed E-state index contributed by atoms with van der Waals surface area (Å²) >= 11 is 0. The SMILES string of the molecule is Cc1cc2ccccc(CCC(=O)O)c-2c1. The summed E-state index contributed by atoms with van der Waals surface area (Å²) in [5.74, 6) is -0.747. The van der Waals surface area contributed by atoms with Crippen LogP contribution in [0.15, 0.2) is 36.4 Å². The van der Waals surface area contributed by atoms with Crippen molar-refractivity contribution in [2.75, 3.05) is 0 Å². The van der Waals surface area contributed by atoms with Crippen LogP contribution in [0.5, 0.6) is 0 Å². The van der Waals surface area contributed by atoms with Gasteiger partial charge >= 0.3 is 5.97 Å². The first-order valence-electron chi connectivity index (χ1n) is 5.37. The number of aliphatic carboxylic acids is 1. The highest BCUT2D eigenvalue weighted by atomic mass is 16.4. The molecule has 0 saturated heterocycles. The third-order valence-electron chi connectivity index (χ3n) is 2.70.